The molecule has 0 unspecified atom stereocenters. The van der Waals surface area contributed by atoms with Gasteiger partial charge in [0.2, 0.25) is 5.95 Å². The normalized spacial score (nSPS) is 12.5. The van der Waals surface area contributed by atoms with Crippen LogP contribution in [0.3, 0.4) is 0 Å². The third-order valence-corrected chi connectivity index (χ3v) is 3.20. The summed E-state index contributed by atoms with van der Waals surface area (Å²) in [6.45, 7) is 5.19. The van der Waals surface area contributed by atoms with Gasteiger partial charge in [-0.05, 0) is 20.8 Å². The van der Waals surface area contributed by atoms with Gasteiger partial charge in [0.15, 0.2) is 11.2 Å². The van der Waals surface area contributed by atoms with E-state index in [0.29, 0.717) is 5.65 Å². The van der Waals surface area contributed by atoms with Gasteiger partial charge in [0.05, 0.1) is 19.5 Å². The van der Waals surface area contributed by atoms with Crippen LogP contribution in [0.15, 0.2) is 11.1 Å². The number of imidazole rings is 1. The molecule has 0 amide bonds. The lowest BCUT2D eigenvalue weighted by molar-refractivity contribution is -0.0490. The Kier molecular flexibility index (Phi) is 4.50. The molecule has 0 bridgehead atoms. The number of nitrogen functional groups attached to an aromatic ring is 1. The van der Waals surface area contributed by atoms with Crippen molar-refractivity contribution in [2.75, 3.05) is 18.9 Å². The van der Waals surface area contributed by atoms with Crippen LogP contribution < -0.4 is 11.3 Å². The highest BCUT2D eigenvalue weighted by Crippen LogP contribution is 2.23. The van der Waals surface area contributed by atoms with Crippen LogP contribution >= 0.6 is 0 Å². The van der Waals surface area contributed by atoms with E-state index in [1.54, 1.807) is 9.13 Å². The van der Waals surface area contributed by atoms with E-state index < -0.39 is 17.2 Å². The topological polar surface area (TPSA) is 128 Å². The number of ether oxygens (including phenoxy) is 1. The van der Waals surface area contributed by atoms with Crippen molar-refractivity contribution in [3.05, 3.63) is 16.7 Å². The fourth-order valence-electron chi connectivity index (χ4n) is 2.18. The summed E-state index contributed by atoms with van der Waals surface area (Å²) in [5.41, 5.74) is 5.65. The number of anilines is 1. The zero-order valence-electron chi connectivity index (χ0n) is 12.9. The molecule has 0 aliphatic rings. The third kappa shape index (κ3) is 2.96. The highest BCUT2D eigenvalue weighted by atomic mass is 16.5. The maximum absolute atomic E-state index is 11.9. The molecule has 0 aromatic carbocycles. The van der Waals surface area contributed by atoms with Crippen LogP contribution in [0, 0.1) is 0 Å². The second kappa shape index (κ2) is 6.03. The van der Waals surface area contributed by atoms with Gasteiger partial charge < -0.3 is 20.7 Å². The molecule has 22 heavy (non-hydrogen) atoms. The standard InChI is InChI=1S/C13H21N5O4/c1-13(2,3)18-11-9(10(21)16-12(18)14)15-6-17(11)7-22-8(4-19)5-20/h6,8,19-20H,4-5,7H2,1-3H3,(H2,14,16,21). The van der Waals surface area contributed by atoms with Crippen molar-refractivity contribution in [3.63, 3.8) is 0 Å². The monoisotopic (exact) mass is 311 g/mol. The van der Waals surface area contributed by atoms with E-state index in [-0.39, 0.29) is 31.4 Å². The minimum absolute atomic E-state index is 0.0151. The molecule has 0 fully saturated rings. The van der Waals surface area contributed by atoms with Gasteiger partial charge in [-0.3, -0.25) is 13.9 Å². The molecule has 2 aromatic rings. The molecule has 0 spiro atoms. The molecular formula is C13H21N5O4. The molecule has 4 N–H and O–H groups in total. The molecule has 122 valence electrons. The lowest BCUT2D eigenvalue weighted by atomic mass is 10.1. The number of nitrogens with zero attached hydrogens (tertiary/aromatic N) is 4. The van der Waals surface area contributed by atoms with E-state index in [4.69, 9.17) is 20.7 Å². The second-order valence-corrected chi connectivity index (χ2v) is 5.95. The number of aliphatic hydroxyl groups is 2. The fourth-order valence-corrected chi connectivity index (χ4v) is 2.18. The van der Waals surface area contributed by atoms with Crippen molar-refractivity contribution in [1.82, 2.24) is 19.1 Å². The second-order valence-electron chi connectivity index (χ2n) is 5.95. The predicted octanol–water partition coefficient (Wildman–Crippen LogP) is -0.742. The molecule has 0 atom stereocenters. The number of nitrogens with two attached hydrogens (primary N) is 1. The van der Waals surface area contributed by atoms with E-state index in [1.165, 1.54) is 6.33 Å². The molecule has 2 aromatic heterocycles. The molecule has 0 saturated heterocycles. The zero-order valence-corrected chi connectivity index (χ0v) is 12.9. The quantitative estimate of drug-likeness (QED) is 0.663. The van der Waals surface area contributed by atoms with Crippen LogP contribution in [-0.2, 0) is 17.0 Å². The van der Waals surface area contributed by atoms with Crippen LogP contribution in [-0.4, -0.2) is 48.6 Å². The van der Waals surface area contributed by atoms with Crippen molar-refractivity contribution >= 4 is 17.1 Å². The van der Waals surface area contributed by atoms with Gasteiger partial charge >= 0.3 is 5.56 Å². The summed E-state index contributed by atoms with van der Waals surface area (Å²) in [5, 5.41) is 18.1. The van der Waals surface area contributed by atoms with E-state index in [9.17, 15) is 4.79 Å². The third-order valence-electron chi connectivity index (χ3n) is 3.20. The SMILES string of the molecule is CC(C)(C)n1c(N)nc(=O)c2ncn(COC(CO)CO)c21. The first-order valence-electron chi connectivity index (χ1n) is 6.86. The van der Waals surface area contributed by atoms with Crippen LogP contribution in [0.2, 0.25) is 0 Å². The highest BCUT2D eigenvalue weighted by molar-refractivity contribution is 5.72. The first-order valence-corrected chi connectivity index (χ1v) is 6.86. The van der Waals surface area contributed by atoms with E-state index in [2.05, 4.69) is 9.97 Å². The van der Waals surface area contributed by atoms with Gasteiger partial charge in [-0.15, -0.1) is 0 Å². The van der Waals surface area contributed by atoms with Crippen molar-refractivity contribution in [1.29, 1.82) is 0 Å². The van der Waals surface area contributed by atoms with Crippen LogP contribution in [0.25, 0.3) is 11.2 Å². The summed E-state index contributed by atoms with van der Waals surface area (Å²) in [4.78, 5) is 19.8. The van der Waals surface area contributed by atoms with E-state index in [1.807, 2.05) is 20.8 Å². The number of aliphatic hydroxyl groups excluding tert-OH is 2. The lowest BCUT2D eigenvalue weighted by Gasteiger charge is -2.26. The number of aromatic nitrogens is 4. The van der Waals surface area contributed by atoms with Crippen molar-refractivity contribution in [2.24, 2.45) is 0 Å². The Bertz CT molecular complexity index is 712. The Balaban J connectivity index is 2.55. The minimum Gasteiger partial charge on any atom is -0.394 e. The Hall–Kier alpha value is -1.97. The van der Waals surface area contributed by atoms with Crippen molar-refractivity contribution in [2.45, 2.75) is 39.1 Å². The average Bonchev–Trinajstić information content (AvgIpc) is 2.82. The van der Waals surface area contributed by atoms with Crippen LogP contribution in [0.5, 0.6) is 0 Å². The Morgan fingerprint density at radius 1 is 1.36 bits per heavy atom. The van der Waals surface area contributed by atoms with Gasteiger partial charge in [0, 0.05) is 5.54 Å². The maximum atomic E-state index is 11.9. The van der Waals surface area contributed by atoms with Gasteiger partial charge in [0.25, 0.3) is 0 Å². The number of rotatable bonds is 5. The summed E-state index contributed by atoms with van der Waals surface area (Å²) in [5.74, 6) is 0.0904. The Morgan fingerprint density at radius 2 is 2.00 bits per heavy atom. The van der Waals surface area contributed by atoms with Gasteiger partial charge in [0.1, 0.15) is 12.8 Å². The van der Waals surface area contributed by atoms with Crippen molar-refractivity contribution < 1.29 is 14.9 Å². The number of hydrogen-bond acceptors (Lipinski definition) is 7. The number of fused-ring (bicyclic) bond motifs is 1. The van der Waals surface area contributed by atoms with Gasteiger partial charge in [-0.1, -0.05) is 0 Å². The maximum Gasteiger partial charge on any atom is 0.302 e. The first kappa shape index (κ1) is 16.4. The average molecular weight is 311 g/mol. The molecule has 9 nitrogen and oxygen atoms in total. The Labute approximate surface area is 127 Å². The smallest absolute Gasteiger partial charge is 0.302 e. The van der Waals surface area contributed by atoms with Gasteiger partial charge in [-0.25, -0.2) is 4.98 Å². The van der Waals surface area contributed by atoms with E-state index >= 15 is 0 Å². The molecule has 2 rings (SSSR count). The summed E-state index contributed by atoms with van der Waals surface area (Å²) in [7, 11) is 0. The summed E-state index contributed by atoms with van der Waals surface area (Å²) < 4.78 is 8.68. The summed E-state index contributed by atoms with van der Waals surface area (Å²) in [6, 6.07) is 0. The summed E-state index contributed by atoms with van der Waals surface area (Å²) in [6.07, 6.45) is 0.743. The molecule has 9 heteroatoms. The van der Waals surface area contributed by atoms with E-state index in [0.717, 1.165) is 0 Å². The molecule has 0 aliphatic heterocycles. The highest BCUT2D eigenvalue weighted by Gasteiger charge is 2.23. The number of hydrogen-bond donors (Lipinski definition) is 3. The molecule has 0 saturated carbocycles. The Morgan fingerprint density at radius 3 is 2.55 bits per heavy atom. The fraction of sp³-hybridized carbons (Fsp3) is 0.615. The largest absolute Gasteiger partial charge is 0.394 e. The summed E-state index contributed by atoms with van der Waals surface area (Å²) >= 11 is 0. The zero-order chi connectivity index (χ0) is 16.5. The minimum atomic E-state index is -0.702. The van der Waals surface area contributed by atoms with Gasteiger partial charge in [-0.2, -0.15) is 4.98 Å². The molecule has 0 aliphatic carbocycles. The first-order chi connectivity index (χ1) is 10.3. The molecule has 0 radical (unpaired) electrons. The predicted molar refractivity (Wildman–Crippen MR) is 80.2 cm³/mol. The molecule has 2 heterocycles. The van der Waals surface area contributed by atoms with Crippen molar-refractivity contribution in [3.8, 4) is 0 Å². The van der Waals surface area contributed by atoms with Crippen LogP contribution in [0.4, 0.5) is 5.95 Å². The lowest BCUT2D eigenvalue weighted by Crippen LogP contribution is -2.31. The van der Waals surface area contributed by atoms with Crippen LogP contribution in [0.1, 0.15) is 20.8 Å². The molecular weight excluding hydrogens is 290 g/mol.